The van der Waals surface area contributed by atoms with Gasteiger partial charge in [-0.05, 0) is 19.4 Å². The van der Waals surface area contributed by atoms with E-state index in [4.69, 9.17) is 10.8 Å². The van der Waals surface area contributed by atoms with Crippen LogP contribution in [0.3, 0.4) is 0 Å². The van der Waals surface area contributed by atoms with Crippen molar-refractivity contribution in [2.24, 2.45) is 5.73 Å². The molecule has 92 valence electrons. The monoisotopic (exact) mass is 236 g/mol. The lowest BCUT2D eigenvalue weighted by Gasteiger charge is -2.15. The lowest BCUT2D eigenvalue weighted by Crippen LogP contribution is -2.43. The Morgan fingerprint density at radius 2 is 1.82 bits per heavy atom. The normalized spacial score (nSPS) is 13.8. The third kappa shape index (κ3) is 3.57. The number of aryl methyl sites for hydroxylation is 1. The number of carboxylic acid groups (broad SMARTS) is 1. The molecule has 17 heavy (non-hydrogen) atoms. The van der Waals surface area contributed by atoms with Crippen LogP contribution in [0.25, 0.3) is 0 Å². The van der Waals surface area contributed by atoms with E-state index in [0.29, 0.717) is 5.56 Å². The molecule has 2 atom stereocenters. The molecule has 4 N–H and O–H groups in total. The Kier molecular flexibility index (Phi) is 4.23. The molecule has 0 radical (unpaired) electrons. The molecule has 0 saturated heterocycles. The van der Waals surface area contributed by atoms with Gasteiger partial charge in [-0.1, -0.05) is 29.8 Å². The highest BCUT2D eigenvalue weighted by molar-refractivity contribution is 5.87. The zero-order valence-electron chi connectivity index (χ0n) is 9.81. The number of nitrogens with two attached hydrogens (primary N) is 1. The van der Waals surface area contributed by atoms with Crippen LogP contribution >= 0.6 is 0 Å². The summed E-state index contributed by atoms with van der Waals surface area (Å²) in [5.74, 6) is -1.58. The molecule has 1 unspecified atom stereocenters. The highest BCUT2D eigenvalue weighted by Gasteiger charge is 2.20. The molecule has 1 rings (SSSR count). The van der Waals surface area contributed by atoms with Gasteiger partial charge in [0.15, 0.2) is 0 Å². The summed E-state index contributed by atoms with van der Waals surface area (Å²) in [6.45, 7) is 3.32. The first-order chi connectivity index (χ1) is 7.91. The first-order valence-corrected chi connectivity index (χ1v) is 5.27. The maximum absolute atomic E-state index is 11.6. The molecule has 5 nitrogen and oxygen atoms in total. The first-order valence-electron chi connectivity index (χ1n) is 5.27. The fourth-order valence-electron chi connectivity index (χ4n) is 1.29. The Balaban J connectivity index is 2.70. The van der Waals surface area contributed by atoms with E-state index in [2.05, 4.69) is 5.32 Å². The number of carbonyl (C=O) groups is 2. The molecule has 0 aliphatic rings. The van der Waals surface area contributed by atoms with Crippen molar-refractivity contribution in [3.8, 4) is 0 Å². The zero-order valence-corrected chi connectivity index (χ0v) is 9.81. The lowest BCUT2D eigenvalue weighted by molar-refractivity contribution is -0.141. The largest absolute Gasteiger partial charge is 0.480 e. The van der Waals surface area contributed by atoms with Gasteiger partial charge in [0, 0.05) is 0 Å². The van der Waals surface area contributed by atoms with Gasteiger partial charge in [-0.25, -0.2) is 0 Å². The molecule has 0 aliphatic carbocycles. The molecule has 0 aromatic heterocycles. The quantitative estimate of drug-likeness (QED) is 0.713. The molecular weight excluding hydrogens is 220 g/mol. The van der Waals surface area contributed by atoms with Gasteiger partial charge >= 0.3 is 5.97 Å². The van der Waals surface area contributed by atoms with Gasteiger partial charge in [0.2, 0.25) is 5.91 Å². The van der Waals surface area contributed by atoms with Crippen LogP contribution in [0.5, 0.6) is 0 Å². The van der Waals surface area contributed by atoms with Crippen molar-refractivity contribution in [1.82, 2.24) is 5.32 Å². The molecule has 0 bridgehead atoms. The molecule has 0 aliphatic heterocycles. The van der Waals surface area contributed by atoms with Crippen LogP contribution in [0, 0.1) is 6.92 Å². The Hall–Kier alpha value is -1.88. The number of carbonyl (C=O) groups excluding carboxylic acids is 1. The van der Waals surface area contributed by atoms with Crippen LogP contribution in [-0.4, -0.2) is 23.0 Å². The highest BCUT2D eigenvalue weighted by atomic mass is 16.4. The van der Waals surface area contributed by atoms with Crippen molar-refractivity contribution in [1.29, 1.82) is 0 Å². The summed E-state index contributed by atoms with van der Waals surface area (Å²) in [5, 5.41) is 11.0. The van der Waals surface area contributed by atoms with E-state index in [-0.39, 0.29) is 0 Å². The summed E-state index contributed by atoms with van der Waals surface area (Å²) in [6, 6.07) is 5.42. The Morgan fingerprint density at radius 1 is 1.29 bits per heavy atom. The third-order valence-corrected chi connectivity index (χ3v) is 2.45. The summed E-state index contributed by atoms with van der Waals surface area (Å²) >= 11 is 0. The van der Waals surface area contributed by atoms with Gasteiger partial charge < -0.3 is 16.2 Å². The number of carboxylic acids is 1. The molecule has 0 heterocycles. The van der Waals surface area contributed by atoms with Gasteiger partial charge in [-0.3, -0.25) is 9.59 Å². The van der Waals surface area contributed by atoms with Crippen LogP contribution < -0.4 is 11.1 Å². The van der Waals surface area contributed by atoms with Crippen LogP contribution in [0.1, 0.15) is 24.1 Å². The predicted octanol–water partition coefficient (Wildman–Crippen LogP) is 0.584. The third-order valence-electron chi connectivity index (χ3n) is 2.45. The molecule has 1 aromatic carbocycles. The maximum Gasteiger partial charge on any atom is 0.325 e. The number of benzene rings is 1. The van der Waals surface area contributed by atoms with E-state index in [1.807, 2.05) is 19.1 Å². The summed E-state index contributed by atoms with van der Waals surface area (Å²) in [6.07, 6.45) is 0. The van der Waals surface area contributed by atoms with Gasteiger partial charge in [-0.2, -0.15) is 0 Å². The summed E-state index contributed by atoms with van der Waals surface area (Å²) in [4.78, 5) is 22.2. The van der Waals surface area contributed by atoms with Crippen LogP contribution in [0.2, 0.25) is 0 Å². The minimum atomic E-state index is -1.09. The molecular formula is C12H16N2O3. The zero-order chi connectivity index (χ0) is 13.0. The Bertz CT molecular complexity index is 414. The van der Waals surface area contributed by atoms with Crippen LogP contribution in [0.4, 0.5) is 0 Å². The summed E-state index contributed by atoms with van der Waals surface area (Å²) < 4.78 is 0. The Labute approximate surface area is 99.6 Å². The van der Waals surface area contributed by atoms with Crippen molar-refractivity contribution in [2.75, 3.05) is 0 Å². The SMILES string of the molecule is Cc1ccc(C(N)C(=O)N[C@H](C)C(=O)O)cc1. The van der Waals surface area contributed by atoms with E-state index in [0.717, 1.165) is 5.56 Å². The summed E-state index contributed by atoms with van der Waals surface area (Å²) in [5.41, 5.74) is 7.46. The maximum atomic E-state index is 11.6. The fourth-order valence-corrected chi connectivity index (χ4v) is 1.29. The van der Waals surface area contributed by atoms with Crippen LogP contribution in [0.15, 0.2) is 24.3 Å². The average Bonchev–Trinajstić information content (AvgIpc) is 2.28. The molecule has 0 saturated carbocycles. The van der Waals surface area contributed by atoms with Crippen molar-refractivity contribution in [2.45, 2.75) is 25.9 Å². The van der Waals surface area contributed by atoms with E-state index in [1.165, 1.54) is 6.92 Å². The van der Waals surface area contributed by atoms with Gasteiger partial charge in [0.25, 0.3) is 0 Å². The number of rotatable bonds is 4. The minimum absolute atomic E-state index is 0.497. The fraction of sp³-hybridized carbons (Fsp3) is 0.333. The minimum Gasteiger partial charge on any atom is -0.480 e. The standard InChI is InChI=1S/C12H16N2O3/c1-7-3-5-9(6-4-7)10(13)11(15)14-8(2)12(16)17/h3-6,8,10H,13H2,1-2H3,(H,14,15)(H,16,17)/t8-,10?/m1/s1. The second-order valence-electron chi connectivity index (χ2n) is 3.96. The van der Waals surface area contributed by atoms with Crippen molar-refractivity contribution >= 4 is 11.9 Å². The molecule has 1 aromatic rings. The van der Waals surface area contributed by atoms with Crippen LogP contribution in [-0.2, 0) is 9.59 Å². The van der Waals surface area contributed by atoms with E-state index >= 15 is 0 Å². The number of hydrogen-bond donors (Lipinski definition) is 3. The summed E-state index contributed by atoms with van der Waals surface area (Å²) in [7, 11) is 0. The molecule has 5 heteroatoms. The van der Waals surface area contributed by atoms with Crippen molar-refractivity contribution in [3.05, 3.63) is 35.4 Å². The second-order valence-corrected chi connectivity index (χ2v) is 3.96. The van der Waals surface area contributed by atoms with Gasteiger partial charge in [0.05, 0.1) is 0 Å². The van der Waals surface area contributed by atoms with E-state index in [9.17, 15) is 9.59 Å². The van der Waals surface area contributed by atoms with Gasteiger partial charge in [0.1, 0.15) is 12.1 Å². The van der Waals surface area contributed by atoms with Crippen molar-refractivity contribution in [3.63, 3.8) is 0 Å². The smallest absolute Gasteiger partial charge is 0.325 e. The molecule has 1 amide bonds. The second kappa shape index (κ2) is 5.45. The number of amides is 1. The molecule has 0 spiro atoms. The van der Waals surface area contributed by atoms with E-state index < -0.39 is 24.0 Å². The number of aliphatic carboxylic acids is 1. The van der Waals surface area contributed by atoms with Crippen molar-refractivity contribution < 1.29 is 14.7 Å². The average molecular weight is 236 g/mol. The lowest BCUT2D eigenvalue weighted by atomic mass is 10.1. The molecule has 0 fully saturated rings. The Morgan fingerprint density at radius 3 is 2.29 bits per heavy atom. The predicted molar refractivity (Wildman–Crippen MR) is 63.3 cm³/mol. The van der Waals surface area contributed by atoms with Gasteiger partial charge in [-0.15, -0.1) is 0 Å². The highest BCUT2D eigenvalue weighted by Crippen LogP contribution is 2.11. The first kappa shape index (κ1) is 13.2. The topological polar surface area (TPSA) is 92.4 Å². The number of hydrogen-bond acceptors (Lipinski definition) is 3. The van der Waals surface area contributed by atoms with E-state index in [1.54, 1.807) is 12.1 Å². The number of nitrogens with one attached hydrogen (secondary N) is 1.